The second kappa shape index (κ2) is 21.7. The quantitative estimate of drug-likeness (QED) is 0.142. The van der Waals surface area contributed by atoms with E-state index in [4.69, 9.17) is 0 Å². The van der Waals surface area contributed by atoms with Crippen LogP contribution in [0, 0.1) is 0 Å². The van der Waals surface area contributed by atoms with E-state index in [1.807, 2.05) is 0 Å². The van der Waals surface area contributed by atoms with Crippen LogP contribution in [-0.2, 0) is 4.79 Å². The van der Waals surface area contributed by atoms with Crippen LogP contribution in [0.2, 0.25) is 0 Å². The maximum absolute atomic E-state index is 11.1. The Kier molecular flexibility index (Phi) is 21.2. The van der Waals surface area contributed by atoms with Crippen LogP contribution < -0.4 is 0 Å². The first kappa shape index (κ1) is 26.4. The van der Waals surface area contributed by atoms with Gasteiger partial charge in [0.2, 0.25) is 0 Å². The third-order valence-corrected chi connectivity index (χ3v) is 5.51. The topological polar surface area (TPSA) is 20.3 Å². The largest absolute Gasteiger partial charge is 0.309 e. The molecule has 2 heteroatoms. The van der Waals surface area contributed by atoms with E-state index in [0.29, 0.717) is 6.42 Å². The van der Waals surface area contributed by atoms with Crippen LogP contribution in [0.5, 0.6) is 0 Å². The van der Waals surface area contributed by atoms with Gasteiger partial charge < -0.3 is 4.90 Å². The Hall–Kier alpha value is -0.630. The predicted molar refractivity (Wildman–Crippen MR) is 121 cm³/mol. The predicted octanol–water partition coefficient (Wildman–Crippen LogP) is 7.72. The summed E-state index contributed by atoms with van der Waals surface area (Å²) in [7, 11) is 4.33. The minimum Gasteiger partial charge on any atom is -0.309 e. The highest BCUT2D eigenvalue weighted by molar-refractivity contribution is 5.88. The van der Waals surface area contributed by atoms with Crippen LogP contribution in [0.1, 0.15) is 122 Å². The lowest BCUT2D eigenvalue weighted by molar-refractivity contribution is -0.114. The van der Waals surface area contributed by atoms with Gasteiger partial charge in [-0.05, 0) is 39.6 Å². The number of ketones is 1. The molecule has 0 heterocycles. The molecule has 0 aromatic carbocycles. The summed E-state index contributed by atoms with van der Waals surface area (Å²) in [6.45, 7) is 4.76. The molecule has 2 nitrogen and oxygen atoms in total. The van der Waals surface area contributed by atoms with Crippen molar-refractivity contribution in [3.63, 3.8) is 0 Å². The number of nitrogens with zero attached hydrogens (tertiary/aromatic N) is 1. The molecule has 160 valence electrons. The fraction of sp³-hybridized carbons (Fsp3) is 0.880. The first-order valence-corrected chi connectivity index (χ1v) is 12.0. The monoisotopic (exact) mass is 379 g/mol. The lowest BCUT2D eigenvalue weighted by Crippen LogP contribution is -2.12. The van der Waals surface area contributed by atoms with Gasteiger partial charge in [-0.3, -0.25) is 4.79 Å². The highest BCUT2D eigenvalue weighted by Gasteiger charge is 1.97. The molecule has 0 atom stereocenters. The van der Waals surface area contributed by atoms with Gasteiger partial charge >= 0.3 is 0 Å². The van der Waals surface area contributed by atoms with Crippen LogP contribution in [0.15, 0.2) is 12.7 Å². The van der Waals surface area contributed by atoms with Crippen molar-refractivity contribution < 1.29 is 4.79 Å². The maximum atomic E-state index is 11.1. The molecule has 0 aromatic rings. The van der Waals surface area contributed by atoms with Crippen molar-refractivity contribution in [3.8, 4) is 0 Å². The number of allylic oxidation sites excluding steroid dienone is 1. The maximum Gasteiger partial charge on any atom is 0.155 e. The Labute approximate surface area is 171 Å². The molecule has 0 bridgehead atoms. The summed E-state index contributed by atoms with van der Waals surface area (Å²) in [5, 5.41) is 0. The number of hydrogen-bond acceptors (Lipinski definition) is 2. The van der Waals surface area contributed by atoms with Crippen molar-refractivity contribution in [3.05, 3.63) is 12.7 Å². The summed E-state index contributed by atoms with van der Waals surface area (Å²) >= 11 is 0. The molecule has 0 N–H and O–H groups in total. The standard InChI is InChI=1S/C25H49NO/c1-4-25(27)23-21-19-17-15-13-11-9-7-5-6-8-10-12-14-16-18-20-22-24-26(2)3/h4H,1,5-24H2,2-3H3. The fourth-order valence-electron chi connectivity index (χ4n) is 3.66. The molecule has 0 aliphatic heterocycles. The Morgan fingerprint density at radius 3 is 1.19 bits per heavy atom. The Morgan fingerprint density at radius 1 is 0.593 bits per heavy atom. The van der Waals surface area contributed by atoms with E-state index in [9.17, 15) is 4.79 Å². The second-order valence-corrected chi connectivity index (χ2v) is 8.59. The summed E-state index contributed by atoms with van der Waals surface area (Å²) in [4.78, 5) is 13.4. The van der Waals surface area contributed by atoms with E-state index in [1.54, 1.807) is 0 Å². The average molecular weight is 380 g/mol. The summed E-state index contributed by atoms with van der Waals surface area (Å²) in [5.74, 6) is 0.200. The van der Waals surface area contributed by atoms with E-state index < -0.39 is 0 Å². The zero-order valence-electron chi connectivity index (χ0n) is 18.8. The smallest absolute Gasteiger partial charge is 0.155 e. The fourth-order valence-corrected chi connectivity index (χ4v) is 3.66. The van der Waals surface area contributed by atoms with Crippen LogP contribution in [0.25, 0.3) is 0 Å². The summed E-state index contributed by atoms with van der Waals surface area (Å²) < 4.78 is 0. The Bertz CT molecular complexity index is 324. The molecule has 0 amide bonds. The first-order valence-electron chi connectivity index (χ1n) is 12.0. The molecule has 0 rings (SSSR count). The minimum absolute atomic E-state index is 0.200. The van der Waals surface area contributed by atoms with Crippen molar-refractivity contribution in [2.75, 3.05) is 20.6 Å². The van der Waals surface area contributed by atoms with Crippen molar-refractivity contribution in [1.29, 1.82) is 0 Å². The van der Waals surface area contributed by atoms with Gasteiger partial charge in [-0.2, -0.15) is 0 Å². The molecular formula is C25H49NO. The molecule has 0 aromatic heterocycles. The molecule has 27 heavy (non-hydrogen) atoms. The summed E-state index contributed by atoms with van der Waals surface area (Å²) in [6, 6.07) is 0. The van der Waals surface area contributed by atoms with Crippen LogP contribution in [0.3, 0.4) is 0 Å². The lowest BCUT2D eigenvalue weighted by Gasteiger charge is -2.08. The first-order chi connectivity index (χ1) is 13.2. The number of rotatable bonds is 22. The minimum atomic E-state index is 0.200. The van der Waals surface area contributed by atoms with E-state index in [2.05, 4.69) is 25.6 Å². The van der Waals surface area contributed by atoms with Gasteiger partial charge in [-0.1, -0.05) is 109 Å². The average Bonchev–Trinajstić information content (AvgIpc) is 2.65. The van der Waals surface area contributed by atoms with Crippen molar-refractivity contribution in [2.24, 2.45) is 0 Å². The van der Waals surface area contributed by atoms with Gasteiger partial charge in [0.15, 0.2) is 5.78 Å². The van der Waals surface area contributed by atoms with Gasteiger partial charge in [0.05, 0.1) is 0 Å². The summed E-state index contributed by atoms with van der Waals surface area (Å²) in [5.41, 5.74) is 0. The second-order valence-electron chi connectivity index (χ2n) is 8.59. The van der Waals surface area contributed by atoms with E-state index in [-0.39, 0.29) is 5.78 Å². The van der Waals surface area contributed by atoms with E-state index in [1.165, 1.54) is 122 Å². The Morgan fingerprint density at radius 2 is 0.889 bits per heavy atom. The summed E-state index contributed by atoms with van der Waals surface area (Å²) in [6.07, 6.45) is 27.0. The Balaban J connectivity index is 3.03. The molecule has 0 spiro atoms. The van der Waals surface area contributed by atoms with E-state index in [0.717, 1.165) is 6.42 Å². The highest BCUT2D eigenvalue weighted by Crippen LogP contribution is 2.14. The molecule has 0 aliphatic carbocycles. The van der Waals surface area contributed by atoms with Gasteiger partial charge in [0.25, 0.3) is 0 Å². The molecule has 0 radical (unpaired) electrons. The number of carbonyl (C=O) groups is 1. The number of hydrogen-bond donors (Lipinski definition) is 0. The van der Waals surface area contributed by atoms with Crippen LogP contribution in [0.4, 0.5) is 0 Å². The van der Waals surface area contributed by atoms with Crippen molar-refractivity contribution in [1.82, 2.24) is 4.90 Å². The van der Waals surface area contributed by atoms with Crippen LogP contribution in [-0.4, -0.2) is 31.3 Å². The third-order valence-electron chi connectivity index (χ3n) is 5.51. The molecule has 0 unspecified atom stereocenters. The highest BCUT2D eigenvalue weighted by atomic mass is 16.1. The molecule has 0 saturated heterocycles. The number of carbonyl (C=O) groups excluding carboxylic acids is 1. The molecule has 0 aliphatic rings. The number of unbranched alkanes of at least 4 members (excludes halogenated alkanes) is 17. The molecule has 0 saturated carbocycles. The third kappa shape index (κ3) is 23.3. The van der Waals surface area contributed by atoms with Gasteiger partial charge in [-0.25, -0.2) is 0 Å². The molecule has 0 fully saturated rings. The van der Waals surface area contributed by atoms with Crippen molar-refractivity contribution in [2.45, 2.75) is 122 Å². The molecular weight excluding hydrogens is 330 g/mol. The van der Waals surface area contributed by atoms with Gasteiger partial charge in [0, 0.05) is 6.42 Å². The van der Waals surface area contributed by atoms with E-state index >= 15 is 0 Å². The van der Waals surface area contributed by atoms with Gasteiger partial charge in [-0.15, -0.1) is 0 Å². The SMILES string of the molecule is C=CC(=O)CCCCCCCCCCCCCCCCCCCCN(C)C. The lowest BCUT2D eigenvalue weighted by atomic mass is 10.0. The van der Waals surface area contributed by atoms with Gasteiger partial charge in [0.1, 0.15) is 0 Å². The zero-order valence-corrected chi connectivity index (χ0v) is 18.8. The zero-order chi connectivity index (χ0) is 20.0. The van der Waals surface area contributed by atoms with Crippen molar-refractivity contribution >= 4 is 5.78 Å². The van der Waals surface area contributed by atoms with Crippen LogP contribution >= 0.6 is 0 Å². The normalized spacial score (nSPS) is 11.2.